The minimum atomic E-state index is -1.15. The maximum atomic E-state index is 13.3. The van der Waals surface area contributed by atoms with E-state index >= 15 is 0 Å². The Hall–Kier alpha value is -0.960. The van der Waals surface area contributed by atoms with Crippen LogP contribution in [0.5, 0.6) is 0 Å². The van der Waals surface area contributed by atoms with E-state index in [9.17, 15) is 13.9 Å². The molecule has 0 heterocycles. The summed E-state index contributed by atoms with van der Waals surface area (Å²) in [6.07, 6.45) is 2.78. The SMILES string of the molecule is OC1(c2cc(F)ccc2F)CCCC1. The van der Waals surface area contributed by atoms with Crippen LogP contribution in [-0.2, 0) is 5.60 Å². The molecule has 0 atom stereocenters. The molecule has 1 N–H and O–H groups in total. The summed E-state index contributed by atoms with van der Waals surface area (Å²) in [5.74, 6) is -1.02. The molecule has 1 nitrogen and oxygen atoms in total. The Kier molecular flexibility index (Phi) is 2.27. The van der Waals surface area contributed by atoms with Gasteiger partial charge in [-0.15, -0.1) is 0 Å². The van der Waals surface area contributed by atoms with E-state index < -0.39 is 17.2 Å². The van der Waals surface area contributed by atoms with Crippen LogP contribution in [-0.4, -0.2) is 5.11 Å². The summed E-state index contributed by atoms with van der Waals surface area (Å²) >= 11 is 0. The molecule has 76 valence electrons. The molecule has 0 spiro atoms. The first-order valence-electron chi connectivity index (χ1n) is 4.80. The Morgan fingerprint density at radius 1 is 1.14 bits per heavy atom. The Morgan fingerprint density at radius 3 is 2.43 bits per heavy atom. The van der Waals surface area contributed by atoms with Crippen molar-refractivity contribution in [2.24, 2.45) is 0 Å². The summed E-state index contributed by atoms with van der Waals surface area (Å²) < 4.78 is 26.2. The Balaban J connectivity index is 2.44. The molecule has 0 radical (unpaired) electrons. The van der Waals surface area contributed by atoms with Crippen LogP contribution < -0.4 is 0 Å². The number of hydrogen-bond acceptors (Lipinski definition) is 1. The molecule has 14 heavy (non-hydrogen) atoms. The predicted molar refractivity (Wildman–Crippen MR) is 48.7 cm³/mol. The molecule has 0 aliphatic heterocycles. The number of rotatable bonds is 1. The molecule has 1 aliphatic rings. The van der Waals surface area contributed by atoms with Gasteiger partial charge in [-0.05, 0) is 31.0 Å². The van der Waals surface area contributed by atoms with Crippen LogP contribution in [0.15, 0.2) is 18.2 Å². The van der Waals surface area contributed by atoms with Gasteiger partial charge in [-0.2, -0.15) is 0 Å². The number of halogens is 2. The van der Waals surface area contributed by atoms with Crippen LogP contribution in [0.2, 0.25) is 0 Å². The van der Waals surface area contributed by atoms with E-state index in [-0.39, 0.29) is 5.56 Å². The summed E-state index contributed by atoms with van der Waals surface area (Å²) in [7, 11) is 0. The van der Waals surface area contributed by atoms with Crippen LogP contribution >= 0.6 is 0 Å². The highest BCUT2D eigenvalue weighted by Crippen LogP contribution is 2.39. The summed E-state index contributed by atoms with van der Waals surface area (Å²) in [6, 6.07) is 3.23. The molecule has 1 aromatic rings. The second kappa shape index (κ2) is 3.31. The number of hydrogen-bond donors (Lipinski definition) is 1. The van der Waals surface area contributed by atoms with Crippen molar-refractivity contribution in [3.63, 3.8) is 0 Å². The molecule has 2 rings (SSSR count). The third-order valence-electron chi connectivity index (χ3n) is 2.86. The fraction of sp³-hybridized carbons (Fsp3) is 0.455. The highest BCUT2D eigenvalue weighted by molar-refractivity contribution is 5.26. The maximum absolute atomic E-state index is 13.3. The third kappa shape index (κ3) is 1.52. The van der Waals surface area contributed by atoms with Crippen molar-refractivity contribution in [3.8, 4) is 0 Å². The lowest BCUT2D eigenvalue weighted by Crippen LogP contribution is -2.22. The van der Waals surface area contributed by atoms with Crippen molar-refractivity contribution in [3.05, 3.63) is 35.4 Å². The van der Waals surface area contributed by atoms with Crippen LogP contribution in [0.25, 0.3) is 0 Å². The minimum absolute atomic E-state index is 0.106. The van der Waals surface area contributed by atoms with Gasteiger partial charge in [-0.1, -0.05) is 12.8 Å². The second-order valence-electron chi connectivity index (χ2n) is 3.86. The van der Waals surface area contributed by atoms with E-state index in [4.69, 9.17) is 0 Å². The number of aliphatic hydroxyl groups is 1. The Morgan fingerprint density at radius 2 is 1.79 bits per heavy atom. The van der Waals surface area contributed by atoms with Crippen molar-refractivity contribution in [2.45, 2.75) is 31.3 Å². The highest BCUT2D eigenvalue weighted by Gasteiger charge is 2.35. The molecular weight excluding hydrogens is 186 g/mol. The van der Waals surface area contributed by atoms with Gasteiger partial charge in [0, 0.05) is 5.56 Å². The van der Waals surface area contributed by atoms with Crippen molar-refractivity contribution in [1.29, 1.82) is 0 Å². The molecule has 1 aliphatic carbocycles. The minimum Gasteiger partial charge on any atom is -0.385 e. The van der Waals surface area contributed by atoms with Crippen molar-refractivity contribution in [1.82, 2.24) is 0 Å². The van der Waals surface area contributed by atoms with Gasteiger partial charge in [-0.3, -0.25) is 0 Å². The molecular formula is C11H12F2O. The average Bonchev–Trinajstić information content (AvgIpc) is 2.58. The van der Waals surface area contributed by atoms with E-state index in [1.54, 1.807) is 0 Å². The first-order valence-corrected chi connectivity index (χ1v) is 4.80. The molecule has 1 saturated carbocycles. The molecule has 1 fully saturated rings. The molecule has 0 bridgehead atoms. The number of benzene rings is 1. The van der Waals surface area contributed by atoms with E-state index in [0.29, 0.717) is 12.8 Å². The van der Waals surface area contributed by atoms with Crippen LogP contribution in [0.4, 0.5) is 8.78 Å². The lowest BCUT2D eigenvalue weighted by molar-refractivity contribution is 0.0404. The molecule has 0 saturated heterocycles. The van der Waals surface area contributed by atoms with Gasteiger partial charge >= 0.3 is 0 Å². The summed E-state index contributed by atoms with van der Waals surface area (Å²) in [6.45, 7) is 0. The molecule has 1 aromatic carbocycles. The van der Waals surface area contributed by atoms with Crippen LogP contribution in [0, 0.1) is 11.6 Å². The molecule has 0 aromatic heterocycles. The van der Waals surface area contributed by atoms with Crippen molar-refractivity contribution >= 4 is 0 Å². The van der Waals surface area contributed by atoms with Crippen molar-refractivity contribution in [2.75, 3.05) is 0 Å². The van der Waals surface area contributed by atoms with Gasteiger partial charge in [0.25, 0.3) is 0 Å². The molecule has 0 amide bonds. The third-order valence-corrected chi connectivity index (χ3v) is 2.86. The lowest BCUT2D eigenvalue weighted by atomic mass is 9.92. The largest absolute Gasteiger partial charge is 0.385 e. The zero-order valence-corrected chi connectivity index (χ0v) is 7.76. The normalized spacial score (nSPS) is 19.9. The smallest absolute Gasteiger partial charge is 0.129 e. The van der Waals surface area contributed by atoms with Gasteiger partial charge in [0.05, 0.1) is 5.60 Å². The molecule has 0 unspecified atom stereocenters. The summed E-state index contributed by atoms with van der Waals surface area (Å²) in [5.41, 5.74) is -1.04. The van der Waals surface area contributed by atoms with Gasteiger partial charge < -0.3 is 5.11 Å². The topological polar surface area (TPSA) is 20.2 Å². The fourth-order valence-corrected chi connectivity index (χ4v) is 2.08. The quantitative estimate of drug-likeness (QED) is 0.735. The van der Waals surface area contributed by atoms with Gasteiger partial charge in [-0.25, -0.2) is 8.78 Å². The zero-order valence-electron chi connectivity index (χ0n) is 7.76. The van der Waals surface area contributed by atoms with Gasteiger partial charge in [0.15, 0.2) is 0 Å². The lowest BCUT2D eigenvalue weighted by Gasteiger charge is -2.23. The second-order valence-corrected chi connectivity index (χ2v) is 3.86. The van der Waals surface area contributed by atoms with E-state index in [2.05, 4.69) is 0 Å². The van der Waals surface area contributed by atoms with Crippen molar-refractivity contribution < 1.29 is 13.9 Å². The fourth-order valence-electron chi connectivity index (χ4n) is 2.08. The summed E-state index contributed by atoms with van der Waals surface area (Å²) in [4.78, 5) is 0. The first kappa shape index (κ1) is 9.59. The zero-order chi connectivity index (χ0) is 10.2. The van der Waals surface area contributed by atoms with E-state index in [0.717, 1.165) is 31.0 Å². The monoisotopic (exact) mass is 198 g/mol. The van der Waals surface area contributed by atoms with Crippen LogP contribution in [0.3, 0.4) is 0 Å². The standard InChI is InChI=1S/C11H12F2O/c12-8-3-4-10(13)9(7-8)11(14)5-1-2-6-11/h3-4,7,14H,1-2,5-6H2. The van der Waals surface area contributed by atoms with Gasteiger partial charge in [0.1, 0.15) is 11.6 Å². The van der Waals surface area contributed by atoms with Gasteiger partial charge in [0.2, 0.25) is 0 Å². The maximum Gasteiger partial charge on any atom is 0.129 e. The first-order chi connectivity index (χ1) is 6.62. The molecule has 3 heteroatoms. The Bertz CT molecular complexity index is 343. The van der Waals surface area contributed by atoms with Crippen LogP contribution in [0.1, 0.15) is 31.2 Å². The highest BCUT2D eigenvalue weighted by atomic mass is 19.1. The van der Waals surface area contributed by atoms with E-state index in [1.807, 2.05) is 0 Å². The summed E-state index contributed by atoms with van der Waals surface area (Å²) in [5, 5.41) is 10.1. The average molecular weight is 198 g/mol. The van der Waals surface area contributed by atoms with E-state index in [1.165, 1.54) is 0 Å². The predicted octanol–water partition coefficient (Wildman–Crippen LogP) is 2.73. The Labute approximate surface area is 81.4 Å².